The van der Waals surface area contributed by atoms with Crippen molar-refractivity contribution < 1.29 is 23.9 Å². The molecular formula is C23H24ClN3O5. The molecule has 1 aliphatic heterocycles. The van der Waals surface area contributed by atoms with Gasteiger partial charge >= 0.3 is 6.03 Å². The molecule has 1 fully saturated rings. The van der Waals surface area contributed by atoms with Crippen LogP contribution in [-0.4, -0.2) is 42.5 Å². The van der Waals surface area contributed by atoms with Crippen molar-refractivity contribution in [3.8, 4) is 11.5 Å². The van der Waals surface area contributed by atoms with Gasteiger partial charge in [0.1, 0.15) is 23.7 Å². The predicted molar refractivity (Wildman–Crippen MR) is 122 cm³/mol. The lowest BCUT2D eigenvalue weighted by atomic mass is 10.1. The molecule has 32 heavy (non-hydrogen) atoms. The number of amides is 4. The number of ether oxygens (including phenoxy) is 2. The minimum atomic E-state index is -0.681. The van der Waals surface area contributed by atoms with Crippen molar-refractivity contribution in [1.29, 1.82) is 0 Å². The molecule has 1 saturated heterocycles. The van der Waals surface area contributed by atoms with E-state index < -0.39 is 24.4 Å². The molecule has 0 unspecified atom stereocenters. The highest BCUT2D eigenvalue weighted by Crippen LogP contribution is 2.28. The molecule has 0 spiro atoms. The van der Waals surface area contributed by atoms with Crippen LogP contribution in [0, 0.1) is 0 Å². The van der Waals surface area contributed by atoms with Gasteiger partial charge in [0.25, 0.3) is 5.91 Å². The number of carbonyl (C=O) groups is 3. The van der Waals surface area contributed by atoms with Gasteiger partial charge in [-0.25, -0.2) is 9.69 Å². The number of halogens is 1. The lowest BCUT2D eigenvalue weighted by molar-refractivity contribution is -0.127. The number of benzene rings is 2. The third kappa shape index (κ3) is 5.39. The van der Waals surface area contributed by atoms with Gasteiger partial charge < -0.3 is 20.1 Å². The summed E-state index contributed by atoms with van der Waals surface area (Å²) in [6.07, 6.45) is 2.35. The fourth-order valence-electron chi connectivity index (χ4n) is 2.97. The zero-order valence-corrected chi connectivity index (χ0v) is 18.7. The molecule has 2 aromatic carbocycles. The molecule has 1 heterocycles. The normalized spacial score (nSPS) is 15.5. The van der Waals surface area contributed by atoms with Crippen molar-refractivity contribution in [3.63, 3.8) is 0 Å². The number of hydrogen-bond donors (Lipinski definition) is 2. The molecule has 4 amide bonds. The number of carbonyl (C=O) groups excluding carboxylic acids is 3. The number of para-hydroxylation sites is 2. The minimum absolute atomic E-state index is 0.0166. The second-order valence-corrected chi connectivity index (χ2v) is 7.56. The molecule has 2 N–H and O–H groups in total. The lowest BCUT2D eigenvalue weighted by Crippen LogP contribution is -2.38. The SMILES string of the molecule is CC[C@H](C)Oc1ccc(/C=C2/NC(=O)N(CC(=O)Nc3ccccc3OC)C2=O)cc1Cl. The van der Waals surface area contributed by atoms with Gasteiger partial charge in [0, 0.05) is 0 Å². The highest BCUT2D eigenvalue weighted by Gasteiger charge is 2.35. The summed E-state index contributed by atoms with van der Waals surface area (Å²) in [7, 11) is 1.48. The Balaban J connectivity index is 1.69. The average molecular weight is 458 g/mol. The standard InChI is InChI=1S/C23H24ClN3O5/c1-4-14(2)32-19-10-9-15(11-16(19)24)12-18-22(29)27(23(30)26-18)13-21(28)25-17-7-5-6-8-20(17)31-3/h5-12,14H,4,13H2,1-3H3,(H,25,28)(H,26,30)/b18-12+/t14-/m0/s1. The Morgan fingerprint density at radius 2 is 1.97 bits per heavy atom. The van der Waals surface area contributed by atoms with Crippen molar-refractivity contribution in [2.24, 2.45) is 0 Å². The van der Waals surface area contributed by atoms with Crippen molar-refractivity contribution in [3.05, 3.63) is 58.7 Å². The number of imide groups is 1. The van der Waals surface area contributed by atoms with Gasteiger partial charge in [0.05, 0.1) is 23.9 Å². The fraction of sp³-hybridized carbons (Fsp3) is 0.261. The van der Waals surface area contributed by atoms with Crippen LogP contribution in [0.5, 0.6) is 11.5 Å². The smallest absolute Gasteiger partial charge is 0.329 e. The summed E-state index contributed by atoms with van der Waals surface area (Å²) in [6, 6.07) is 11.2. The minimum Gasteiger partial charge on any atom is -0.495 e. The number of rotatable bonds is 8. The van der Waals surface area contributed by atoms with E-state index in [9.17, 15) is 14.4 Å². The molecule has 8 nitrogen and oxygen atoms in total. The summed E-state index contributed by atoms with van der Waals surface area (Å²) in [5.41, 5.74) is 1.10. The van der Waals surface area contributed by atoms with E-state index in [1.54, 1.807) is 42.5 Å². The molecule has 0 radical (unpaired) electrons. The molecule has 3 rings (SSSR count). The van der Waals surface area contributed by atoms with E-state index in [1.807, 2.05) is 13.8 Å². The van der Waals surface area contributed by atoms with Crippen LogP contribution in [0.1, 0.15) is 25.8 Å². The van der Waals surface area contributed by atoms with Gasteiger partial charge in [-0.3, -0.25) is 9.59 Å². The maximum Gasteiger partial charge on any atom is 0.329 e. The highest BCUT2D eigenvalue weighted by atomic mass is 35.5. The van der Waals surface area contributed by atoms with Crippen LogP contribution in [-0.2, 0) is 9.59 Å². The Labute approximate surface area is 191 Å². The number of anilines is 1. The quantitative estimate of drug-likeness (QED) is 0.460. The van der Waals surface area contributed by atoms with Crippen molar-refractivity contribution in [2.75, 3.05) is 19.0 Å². The molecule has 1 atom stereocenters. The summed E-state index contributed by atoms with van der Waals surface area (Å²) in [5, 5.41) is 5.52. The van der Waals surface area contributed by atoms with E-state index in [1.165, 1.54) is 13.2 Å². The molecular weight excluding hydrogens is 434 g/mol. The molecule has 0 aliphatic carbocycles. The molecule has 9 heteroatoms. The van der Waals surface area contributed by atoms with Gasteiger partial charge in [-0.05, 0) is 49.2 Å². The van der Waals surface area contributed by atoms with Crippen LogP contribution in [0.25, 0.3) is 6.08 Å². The third-order valence-corrected chi connectivity index (χ3v) is 5.11. The van der Waals surface area contributed by atoms with E-state index in [0.717, 1.165) is 11.3 Å². The molecule has 0 bridgehead atoms. The molecule has 0 aromatic heterocycles. The van der Waals surface area contributed by atoms with Crippen LogP contribution in [0.4, 0.5) is 10.5 Å². The van der Waals surface area contributed by atoms with E-state index in [2.05, 4.69) is 10.6 Å². The first-order chi connectivity index (χ1) is 15.3. The first-order valence-corrected chi connectivity index (χ1v) is 10.4. The maximum atomic E-state index is 12.7. The van der Waals surface area contributed by atoms with Gasteiger partial charge in [-0.1, -0.05) is 36.7 Å². The van der Waals surface area contributed by atoms with E-state index in [-0.39, 0.29) is 11.8 Å². The van der Waals surface area contributed by atoms with Crippen LogP contribution >= 0.6 is 11.6 Å². The summed E-state index contributed by atoms with van der Waals surface area (Å²) >= 11 is 6.28. The Hall–Kier alpha value is -3.52. The average Bonchev–Trinajstić information content (AvgIpc) is 3.03. The second-order valence-electron chi connectivity index (χ2n) is 7.15. The monoisotopic (exact) mass is 457 g/mol. The van der Waals surface area contributed by atoms with Crippen LogP contribution < -0.4 is 20.1 Å². The number of urea groups is 1. The van der Waals surface area contributed by atoms with Gasteiger partial charge in [-0.2, -0.15) is 0 Å². The lowest BCUT2D eigenvalue weighted by Gasteiger charge is -2.14. The van der Waals surface area contributed by atoms with Crippen LogP contribution in [0.3, 0.4) is 0 Å². The molecule has 2 aromatic rings. The van der Waals surface area contributed by atoms with Crippen LogP contribution in [0.2, 0.25) is 5.02 Å². The fourth-order valence-corrected chi connectivity index (χ4v) is 3.20. The molecule has 168 valence electrons. The third-order valence-electron chi connectivity index (χ3n) is 4.82. The number of nitrogens with one attached hydrogen (secondary N) is 2. The van der Waals surface area contributed by atoms with Gasteiger partial charge in [-0.15, -0.1) is 0 Å². The zero-order valence-electron chi connectivity index (χ0n) is 18.0. The zero-order chi connectivity index (χ0) is 23.3. The van der Waals surface area contributed by atoms with Crippen molar-refractivity contribution >= 4 is 41.2 Å². The first-order valence-electron chi connectivity index (χ1n) is 10.1. The van der Waals surface area contributed by atoms with Gasteiger partial charge in [0.15, 0.2) is 0 Å². The number of methoxy groups -OCH3 is 1. The number of hydrogen-bond acceptors (Lipinski definition) is 5. The van der Waals surface area contributed by atoms with Crippen molar-refractivity contribution in [1.82, 2.24) is 10.2 Å². The summed E-state index contributed by atoms with van der Waals surface area (Å²) in [5.74, 6) is -0.133. The largest absolute Gasteiger partial charge is 0.495 e. The predicted octanol–water partition coefficient (Wildman–Crippen LogP) is 4.06. The van der Waals surface area contributed by atoms with Crippen LogP contribution in [0.15, 0.2) is 48.2 Å². The molecule has 1 aliphatic rings. The second kappa shape index (κ2) is 10.2. The van der Waals surface area contributed by atoms with Gasteiger partial charge in [0.2, 0.25) is 5.91 Å². The van der Waals surface area contributed by atoms with Crippen molar-refractivity contribution in [2.45, 2.75) is 26.4 Å². The first kappa shape index (κ1) is 23.1. The Morgan fingerprint density at radius 1 is 1.22 bits per heavy atom. The van der Waals surface area contributed by atoms with E-state index in [0.29, 0.717) is 27.8 Å². The highest BCUT2D eigenvalue weighted by molar-refractivity contribution is 6.32. The summed E-state index contributed by atoms with van der Waals surface area (Å²) < 4.78 is 10.9. The summed E-state index contributed by atoms with van der Waals surface area (Å²) in [4.78, 5) is 38.2. The summed E-state index contributed by atoms with van der Waals surface area (Å²) in [6.45, 7) is 3.51. The molecule has 0 saturated carbocycles. The van der Waals surface area contributed by atoms with E-state index >= 15 is 0 Å². The maximum absolute atomic E-state index is 12.7. The van der Waals surface area contributed by atoms with E-state index in [4.69, 9.17) is 21.1 Å². The Kier molecular flexibility index (Phi) is 7.37. The topological polar surface area (TPSA) is 97.0 Å². The Bertz CT molecular complexity index is 1070. The Morgan fingerprint density at radius 3 is 2.66 bits per heavy atom. The number of nitrogens with zero attached hydrogens (tertiary/aromatic N) is 1.